The zero-order valence-corrected chi connectivity index (χ0v) is 35.0. The monoisotopic (exact) mass is 803 g/mol. The molecular formula is C60H41N3. The average molecular weight is 804 g/mol. The number of hydrogen-bond acceptors (Lipinski definition) is 3. The lowest BCUT2D eigenvalue weighted by Crippen LogP contribution is -2.28. The maximum absolute atomic E-state index is 5.44. The molecule has 1 aliphatic rings. The van der Waals surface area contributed by atoms with E-state index >= 15 is 0 Å². The Morgan fingerprint density at radius 3 is 1.59 bits per heavy atom. The lowest BCUT2D eigenvalue weighted by atomic mass is 9.67. The van der Waals surface area contributed by atoms with Gasteiger partial charge in [0.15, 0.2) is 17.5 Å². The van der Waals surface area contributed by atoms with Gasteiger partial charge in [-0.15, -0.1) is 0 Å². The van der Waals surface area contributed by atoms with Crippen molar-refractivity contribution in [2.24, 2.45) is 0 Å². The summed E-state index contributed by atoms with van der Waals surface area (Å²) in [6.45, 7) is 4.31. The smallest absolute Gasteiger partial charge is 0.164 e. The third-order valence-corrected chi connectivity index (χ3v) is 13.1. The third kappa shape index (κ3) is 6.00. The van der Waals surface area contributed by atoms with Gasteiger partial charge in [0.2, 0.25) is 0 Å². The van der Waals surface area contributed by atoms with E-state index in [0.29, 0.717) is 17.5 Å². The molecule has 0 atom stereocenters. The molecule has 11 aromatic rings. The van der Waals surface area contributed by atoms with E-state index in [-0.39, 0.29) is 0 Å². The Kier molecular flexibility index (Phi) is 8.52. The highest BCUT2D eigenvalue weighted by atomic mass is 15.0. The zero-order chi connectivity index (χ0) is 42.1. The van der Waals surface area contributed by atoms with Gasteiger partial charge in [-0.3, -0.25) is 0 Å². The van der Waals surface area contributed by atoms with Gasteiger partial charge in [-0.05, 0) is 115 Å². The van der Waals surface area contributed by atoms with Gasteiger partial charge >= 0.3 is 0 Å². The van der Waals surface area contributed by atoms with Crippen LogP contribution in [0.4, 0.5) is 0 Å². The summed E-state index contributed by atoms with van der Waals surface area (Å²) < 4.78 is 0. The number of aromatic nitrogens is 3. The van der Waals surface area contributed by atoms with E-state index in [1.807, 2.05) is 0 Å². The molecule has 0 amide bonds. The molecule has 1 aromatic heterocycles. The topological polar surface area (TPSA) is 38.7 Å². The molecule has 0 fully saturated rings. The molecule has 3 heteroatoms. The standard InChI is InChI=1S/C60H41N3/c1-38-22-29-47(30-23-38)60(48-31-24-39(2)25-32-48)55-21-10-9-20-52(55)53-33-28-46(37-56(53)60)58-61-57(45-16-11-15-42(35-45)43-27-26-40-12-3-4-13-41(40)34-43)62-59(63-58)54-36-44-14-5-6-17-49(44)50-18-7-8-19-51(50)54/h3-37H,1-2H3. The van der Waals surface area contributed by atoms with Crippen LogP contribution in [0.2, 0.25) is 0 Å². The molecular weight excluding hydrogens is 763 g/mol. The average Bonchev–Trinajstić information content (AvgIpc) is 3.64. The predicted octanol–water partition coefficient (Wildman–Crippen LogP) is 15.0. The summed E-state index contributed by atoms with van der Waals surface area (Å²) in [5.74, 6) is 1.89. The zero-order valence-electron chi connectivity index (χ0n) is 35.0. The van der Waals surface area contributed by atoms with Gasteiger partial charge in [-0.1, -0.05) is 199 Å². The molecule has 0 saturated heterocycles. The summed E-state index contributed by atoms with van der Waals surface area (Å²) >= 11 is 0. The molecule has 12 rings (SSSR count). The summed E-state index contributed by atoms with van der Waals surface area (Å²) in [5.41, 5.74) is 14.4. The minimum absolute atomic E-state index is 0.565. The molecule has 0 radical (unpaired) electrons. The first-order valence-corrected chi connectivity index (χ1v) is 21.7. The molecule has 63 heavy (non-hydrogen) atoms. The van der Waals surface area contributed by atoms with Crippen molar-refractivity contribution in [3.05, 3.63) is 246 Å². The van der Waals surface area contributed by atoms with Crippen molar-refractivity contribution in [1.29, 1.82) is 0 Å². The van der Waals surface area contributed by atoms with E-state index in [9.17, 15) is 0 Å². The Balaban J connectivity index is 1.11. The van der Waals surface area contributed by atoms with Crippen LogP contribution in [0.15, 0.2) is 212 Å². The fourth-order valence-corrected chi connectivity index (χ4v) is 10.0. The Labute approximate surface area is 367 Å². The number of nitrogens with zero attached hydrogens (tertiary/aromatic N) is 3. The molecule has 0 aliphatic heterocycles. The van der Waals surface area contributed by atoms with E-state index in [2.05, 4.69) is 226 Å². The largest absolute Gasteiger partial charge is 0.208 e. The number of fused-ring (bicyclic) bond motifs is 7. The summed E-state index contributed by atoms with van der Waals surface area (Å²) in [4.78, 5) is 16.2. The van der Waals surface area contributed by atoms with E-state index in [4.69, 9.17) is 15.0 Å². The molecule has 0 saturated carbocycles. The van der Waals surface area contributed by atoms with Crippen molar-refractivity contribution >= 4 is 32.3 Å². The predicted molar refractivity (Wildman–Crippen MR) is 261 cm³/mol. The molecule has 0 N–H and O–H groups in total. The Morgan fingerprint density at radius 2 is 0.841 bits per heavy atom. The first-order chi connectivity index (χ1) is 31.0. The van der Waals surface area contributed by atoms with Crippen molar-refractivity contribution < 1.29 is 0 Å². The van der Waals surface area contributed by atoms with Gasteiger partial charge in [0, 0.05) is 16.7 Å². The van der Waals surface area contributed by atoms with E-state index in [0.717, 1.165) is 38.6 Å². The fraction of sp³-hybridized carbons (Fsp3) is 0.0500. The van der Waals surface area contributed by atoms with Crippen LogP contribution in [0.3, 0.4) is 0 Å². The molecule has 1 heterocycles. The van der Waals surface area contributed by atoms with Crippen molar-refractivity contribution in [2.45, 2.75) is 19.3 Å². The first-order valence-electron chi connectivity index (χ1n) is 21.7. The minimum atomic E-state index is -0.565. The third-order valence-electron chi connectivity index (χ3n) is 13.1. The van der Waals surface area contributed by atoms with Crippen LogP contribution in [0.5, 0.6) is 0 Å². The van der Waals surface area contributed by atoms with Gasteiger partial charge in [0.1, 0.15) is 0 Å². The molecule has 0 spiro atoms. The number of aryl methyl sites for hydroxylation is 2. The number of benzene rings is 10. The van der Waals surface area contributed by atoms with E-state index < -0.39 is 5.41 Å². The Morgan fingerprint density at radius 1 is 0.302 bits per heavy atom. The van der Waals surface area contributed by atoms with Crippen LogP contribution in [0, 0.1) is 13.8 Å². The van der Waals surface area contributed by atoms with Crippen LogP contribution in [0.25, 0.3) is 88.7 Å². The summed E-state index contributed by atoms with van der Waals surface area (Å²) in [7, 11) is 0. The highest BCUT2D eigenvalue weighted by Crippen LogP contribution is 2.56. The van der Waals surface area contributed by atoms with Gasteiger partial charge < -0.3 is 0 Å². The second-order valence-electron chi connectivity index (χ2n) is 16.9. The SMILES string of the molecule is Cc1ccc(C2(c3ccc(C)cc3)c3ccccc3-c3ccc(-c4nc(-c5cccc(-c6ccc7ccccc7c6)c5)nc(-c5cc6ccccc6c6ccccc56)n4)cc32)cc1. The quantitative estimate of drug-likeness (QED) is 0.157. The van der Waals surface area contributed by atoms with Crippen molar-refractivity contribution in [1.82, 2.24) is 15.0 Å². The molecule has 296 valence electrons. The lowest BCUT2D eigenvalue weighted by molar-refractivity contribution is 0.767. The Bertz CT molecular complexity index is 3540. The van der Waals surface area contributed by atoms with E-state index in [1.165, 1.54) is 66.1 Å². The molecule has 1 aliphatic carbocycles. The van der Waals surface area contributed by atoms with Crippen LogP contribution >= 0.6 is 0 Å². The van der Waals surface area contributed by atoms with Crippen LogP contribution in [-0.4, -0.2) is 15.0 Å². The second kappa shape index (κ2) is 14.6. The van der Waals surface area contributed by atoms with Crippen LogP contribution in [0.1, 0.15) is 33.4 Å². The summed E-state index contributed by atoms with van der Waals surface area (Å²) in [6.07, 6.45) is 0. The minimum Gasteiger partial charge on any atom is -0.208 e. The lowest BCUT2D eigenvalue weighted by Gasteiger charge is -2.34. The normalized spacial score (nSPS) is 12.7. The highest BCUT2D eigenvalue weighted by Gasteiger charge is 2.46. The molecule has 3 nitrogen and oxygen atoms in total. The molecule has 0 bridgehead atoms. The Hall–Kier alpha value is -8.01. The fourth-order valence-electron chi connectivity index (χ4n) is 10.0. The van der Waals surface area contributed by atoms with Gasteiger partial charge in [-0.2, -0.15) is 0 Å². The van der Waals surface area contributed by atoms with Gasteiger partial charge in [-0.25, -0.2) is 15.0 Å². The number of rotatable bonds is 6. The summed E-state index contributed by atoms with van der Waals surface area (Å²) in [5, 5.41) is 7.05. The highest BCUT2D eigenvalue weighted by molar-refractivity contribution is 6.13. The maximum Gasteiger partial charge on any atom is 0.164 e. The second-order valence-corrected chi connectivity index (χ2v) is 16.9. The molecule has 0 unspecified atom stereocenters. The maximum atomic E-state index is 5.44. The van der Waals surface area contributed by atoms with Crippen LogP contribution in [-0.2, 0) is 5.41 Å². The van der Waals surface area contributed by atoms with Crippen molar-refractivity contribution in [3.8, 4) is 56.4 Å². The first kappa shape index (κ1) is 36.8. The van der Waals surface area contributed by atoms with Crippen molar-refractivity contribution in [3.63, 3.8) is 0 Å². The van der Waals surface area contributed by atoms with Gasteiger partial charge in [0.05, 0.1) is 5.41 Å². The van der Waals surface area contributed by atoms with Gasteiger partial charge in [0.25, 0.3) is 0 Å². The number of hydrogen-bond donors (Lipinski definition) is 0. The van der Waals surface area contributed by atoms with Crippen LogP contribution < -0.4 is 0 Å². The summed E-state index contributed by atoms with van der Waals surface area (Å²) in [6, 6.07) is 77.1. The van der Waals surface area contributed by atoms with Crippen molar-refractivity contribution in [2.75, 3.05) is 0 Å². The van der Waals surface area contributed by atoms with E-state index in [1.54, 1.807) is 0 Å². The molecule has 10 aromatic carbocycles.